The summed E-state index contributed by atoms with van der Waals surface area (Å²) >= 11 is 0. The number of likely N-dealkylation sites (tertiary alicyclic amines) is 1. The Morgan fingerprint density at radius 3 is 2.55 bits per heavy atom. The summed E-state index contributed by atoms with van der Waals surface area (Å²) in [5.74, 6) is 0.229. The standard InChI is InChI=1S/C15H27N3O2/c1-3-6-15(7-8-16-12-15)14(20)17(2)11-13(19)18-9-4-5-10-18/h16H,3-12H2,1-2H3. The number of hydrogen-bond donors (Lipinski definition) is 1. The van der Waals surface area contributed by atoms with E-state index in [-0.39, 0.29) is 23.8 Å². The maximum absolute atomic E-state index is 12.7. The van der Waals surface area contributed by atoms with Crippen molar-refractivity contribution in [3.63, 3.8) is 0 Å². The van der Waals surface area contributed by atoms with Gasteiger partial charge in [0.2, 0.25) is 11.8 Å². The zero-order valence-corrected chi connectivity index (χ0v) is 12.8. The second kappa shape index (κ2) is 6.57. The monoisotopic (exact) mass is 281 g/mol. The molecule has 1 unspecified atom stereocenters. The lowest BCUT2D eigenvalue weighted by Gasteiger charge is -2.32. The largest absolute Gasteiger partial charge is 0.341 e. The highest BCUT2D eigenvalue weighted by Gasteiger charge is 2.42. The minimum atomic E-state index is -0.283. The van der Waals surface area contributed by atoms with Crippen molar-refractivity contribution in [1.82, 2.24) is 15.1 Å². The Kier molecular flexibility index (Phi) is 5.02. The zero-order valence-electron chi connectivity index (χ0n) is 12.8. The second-order valence-electron chi connectivity index (χ2n) is 6.21. The highest BCUT2D eigenvalue weighted by atomic mass is 16.2. The molecule has 5 nitrogen and oxygen atoms in total. The van der Waals surface area contributed by atoms with Crippen LogP contribution in [-0.2, 0) is 9.59 Å². The number of amides is 2. The normalized spacial score (nSPS) is 26.0. The molecular formula is C15H27N3O2. The van der Waals surface area contributed by atoms with Crippen molar-refractivity contribution in [3.05, 3.63) is 0 Å². The van der Waals surface area contributed by atoms with Crippen molar-refractivity contribution in [3.8, 4) is 0 Å². The van der Waals surface area contributed by atoms with E-state index in [2.05, 4.69) is 12.2 Å². The Hall–Kier alpha value is -1.10. The van der Waals surface area contributed by atoms with Gasteiger partial charge in [0.25, 0.3) is 0 Å². The molecular weight excluding hydrogens is 254 g/mol. The van der Waals surface area contributed by atoms with Crippen molar-refractivity contribution >= 4 is 11.8 Å². The van der Waals surface area contributed by atoms with Crippen LogP contribution in [0.25, 0.3) is 0 Å². The lowest BCUT2D eigenvalue weighted by Crippen LogP contribution is -2.47. The third kappa shape index (κ3) is 3.14. The van der Waals surface area contributed by atoms with Gasteiger partial charge in [-0.1, -0.05) is 13.3 Å². The summed E-state index contributed by atoms with van der Waals surface area (Å²) < 4.78 is 0. The Bertz CT molecular complexity index is 358. The van der Waals surface area contributed by atoms with Gasteiger partial charge in [0.1, 0.15) is 0 Å². The van der Waals surface area contributed by atoms with Crippen LogP contribution in [-0.4, -0.2) is 61.4 Å². The smallest absolute Gasteiger partial charge is 0.242 e. The maximum atomic E-state index is 12.7. The average molecular weight is 281 g/mol. The van der Waals surface area contributed by atoms with E-state index in [1.165, 1.54) is 0 Å². The number of likely N-dealkylation sites (N-methyl/N-ethyl adjacent to an activating group) is 1. The van der Waals surface area contributed by atoms with Crippen molar-refractivity contribution in [1.29, 1.82) is 0 Å². The molecule has 2 amide bonds. The number of nitrogens with zero attached hydrogens (tertiary/aromatic N) is 2. The minimum Gasteiger partial charge on any atom is -0.341 e. The Morgan fingerprint density at radius 2 is 2.00 bits per heavy atom. The lowest BCUT2D eigenvalue weighted by molar-refractivity contribution is -0.145. The number of nitrogens with one attached hydrogen (secondary N) is 1. The van der Waals surface area contributed by atoms with Gasteiger partial charge in [0.05, 0.1) is 12.0 Å². The number of carbonyl (C=O) groups is 2. The average Bonchev–Trinajstić information content (AvgIpc) is 3.09. The van der Waals surface area contributed by atoms with E-state index in [1.807, 2.05) is 4.90 Å². The van der Waals surface area contributed by atoms with E-state index in [0.29, 0.717) is 0 Å². The van der Waals surface area contributed by atoms with Gasteiger partial charge in [-0.15, -0.1) is 0 Å². The highest BCUT2D eigenvalue weighted by Crippen LogP contribution is 2.33. The number of carbonyl (C=O) groups excluding carboxylic acids is 2. The summed E-state index contributed by atoms with van der Waals surface area (Å²) in [6.07, 6.45) is 4.98. The van der Waals surface area contributed by atoms with Crippen molar-refractivity contribution in [2.24, 2.45) is 5.41 Å². The summed E-state index contributed by atoms with van der Waals surface area (Å²) in [5, 5.41) is 3.30. The van der Waals surface area contributed by atoms with Crippen LogP contribution in [0.5, 0.6) is 0 Å². The molecule has 0 aliphatic carbocycles. The van der Waals surface area contributed by atoms with Gasteiger partial charge in [0, 0.05) is 26.7 Å². The molecule has 0 aromatic rings. The predicted octanol–water partition coefficient (Wildman–Crippen LogP) is 0.847. The number of rotatable bonds is 5. The van der Waals surface area contributed by atoms with Crippen LogP contribution in [0.3, 0.4) is 0 Å². The zero-order chi connectivity index (χ0) is 14.6. The molecule has 2 rings (SSSR count). The van der Waals surface area contributed by atoms with E-state index in [0.717, 1.165) is 58.3 Å². The van der Waals surface area contributed by atoms with Gasteiger partial charge in [-0.2, -0.15) is 0 Å². The van der Waals surface area contributed by atoms with E-state index in [9.17, 15) is 9.59 Å². The first kappa shape index (κ1) is 15.3. The minimum absolute atomic E-state index is 0.0935. The fraction of sp³-hybridized carbons (Fsp3) is 0.867. The molecule has 2 aliphatic rings. The maximum Gasteiger partial charge on any atom is 0.242 e. The van der Waals surface area contributed by atoms with Crippen molar-refractivity contribution in [2.75, 3.05) is 39.8 Å². The summed E-state index contributed by atoms with van der Waals surface area (Å²) in [5.41, 5.74) is -0.283. The van der Waals surface area contributed by atoms with Gasteiger partial charge in [-0.25, -0.2) is 0 Å². The molecule has 0 bridgehead atoms. The fourth-order valence-corrected chi connectivity index (χ4v) is 3.47. The summed E-state index contributed by atoms with van der Waals surface area (Å²) in [6, 6.07) is 0. The number of hydrogen-bond acceptors (Lipinski definition) is 3. The molecule has 2 heterocycles. The van der Waals surface area contributed by atoms with E-state index in [1.54, 1.807) is 11.9 Å². The molecule has 20 heavy (non-hydrogen) atoms. The molecule has 2 aliphatic heterocycles. The van der Waals surface area contributed by atoms with Gasteiger partial charge >= 0.3 is 0 Å². The van der Waals surface area contributed by atoms with Crippen LogP contribution in [0.4, 0.5) is 0 Å². The fourth-order valence-electron chi connectivity index (χ4n) is 3.47. The van der Waals surface area contributed by atoms with Crippen molar-refractivity contribution in [2.45, 2.75) is 39.0 Å². The quantitative estimate of drug-likeness (QED) is 0.813. The van der Waals surface area contributed by atoms with Crippen LogP contribution >= 0.6 is 0 Å². The molecule has 1 N–H and O–H groups in total. The van der Waals surface area contributed by atoms with E-state index in [4.69, 9.17) is 0 Å². The summed E-state index contributed by atoms with van der Waals surface area (Å²) in [4.78, 5) is 28.4. The Balaban J connectivity index is 1.94. The third-order valence-corrected chi connectivity index (χ3v) is 4.60. The predicted molar refractivity (Wildman–Crippen MR) is 78.3 cm³/mol. The topological polar surface area (TPSA) is 52.7 Å². The Labute approximate surface area is 121 Å². The van der Waals surface area contributed by atoms with E-state index >= 15 is 0 Å². The Morgan fingerprint density at radius 1 is 1.30 bits per heavy atom. The molecule has 0 saturated carbocycles. The molecule has 0 radical (unpaired) electrons. The lowest BCUT2D eigenvalue weighted by atomic mass is 9.81. The van der Waals surface area contributed by atoms with E-state index < -0.39 is 0 Å². The molecule has 5 heteroatoms. The molecule has 2 fully saturated rings. The first-order valence-electron chi connectivity index (χ1n) is 7.83. The third-order valence-electron chi connectivity index (χ3n) is 4.60. The molecule has 1 atom stereocenters. The molecule has 0 aromatic carbocycles. The van der Waals surface area contributed by atoms with Crippen LogP contribution in [0.2, 0.25) is 0 Å². The van der Waals surface area contributed by atoms with Crippen LogP contribution in [0.15, 0.2) is 0 Å². The van der Waals surface area contributed by atoms with Gasteiger partial charge < -0.3 is 15.1 Å². The van der Waals surface area contributed by atoms with Crippen LogP contribution < -0.4 is 5.32 Å². The van der Waals surface area contributed by atoms with Crippen LogP contribution in [0.1, 0.15) is 39.0 Å². The van der Waals surface area contributed by atoms with Crippen LogP contribution in [0, 0.1) is 5.41 Å². The molecule has 2 saturated heterocycles. The molecule has 0 aromatic heterocycles. The SMILES string of the molecule is CCCC1(C(=O)N(C)CC(=O)N2CCCC2)CCNC1. The first-order valence-corrected chi connectivity index (χ1v) is 7.83. The van der Waals surface area contributed by atoms with Crippen molar-refractivity contribution < 1.29 is 9.59 Å². The molecule has 114 valence electrons. The summed E-state index contributed by atoms with van der Waals surface area (Å²) in [6.45, 7) is 5.69. The summed E-state index contributed by atoms with van der Waals surface area (Å²) in [7, 11) is 1.77. The van der Waals surface area contributed by atoms with Gasteiger partial charge in [0.15, 0.2) is 0 Å². The first-order chi connectivity index (χ1) is 9.59. The van der Waals surface area contributed by atoms with Gasteiger partial charge in [-0.3, -0.25) is 9.59 Å². The molecule has 0 spiro atoms. The highest BCUT2D eigenvalue weighted by molar-refractivity contribution is 5.88. The second-order valence-corrected chi connectivity index (χ2v) is 6.21. The van der Waals surface area contributed by atoms with Gasteiger partial charge in [-0.05, 0) is 32.2 Å².